The number of aromatic amines is 1. The molecule has 0 unspecified atom stereocenters. The molecule has 130 valence electrons. The van der Waals surface area contributed by atoms with Gasteiger partial charge in [-0.15, -0.1) is 23.7 Å². The summed E-state index contributed by atoms with van der Waals surface area (Å²) in [7, 11) is 0. The van der Waals surface area contributed by atoms with Gasteiger partial charge in [0.05, 0.1) is 5.69 Å². The van der Waals surface area contributed by atoms with Gasteiger partial charge in [0.15, 0.2) is 16.5 Å². The summed E-state index contributed by atoms with van der Waals surface area (Å²) < 4.78 is 0. The van der Waals surface area contributed by atoms with Crippen LogP contribution in [0.2, 0.25) is 0 Å². The number of hydrogen-bond acceptors (Lipinski definition) is 7. The summed E-state index contributed by atoms with van der Waals surface area (Å²) >= 11 is 1.31. The van der Waals surface area contributed by atoms with Crippen molar-refractivity contribution < 1.29 is 4.79 Å². The molecule has 2 aromatic heterocycles. The van der Waals surface area contributed by atoms with Crippen LogP contribution in [-0.2, 0) is 0 Å². The Bertz CT molecular complexity index is 810. The third-order valence-corrected chi connectivity index (χ3v) is 4.96. The van der Waals surface area contributed by atoms with E-state index in [9.17, 15) is 4.79 Å². The van der Waals surface area contributed by atoms with Crippen LogP contribution in [0, 0.1) is 12.3 Å². The van der Waals surface area contributed by atoms with Crippen LogP contribution in [0.4, 0.5) is 0 Å². The van der Waals surface area contributed by atoms with Crippen molar-refractivity contribution in [1.82, 2.24) is 25.5 Å². The number of nitrogens with one attached hydrogen (secondary N) is 2. The van der Waals surface area contributed by atoms with Gasteiger partial charge in [-0.1, -0.05) is 13.8 Å². The molecular formula is C16H19N7OS. The number of rotatable bonds is 8. The number of carbonyl (C=O) groups excluding carboxylic acids is 1. The molecule has 0 spiro atoms. The van der Waals surface area contributed by atoms with E-state index in [4.69, 9.17) is 6.42 Å². The van der Waals surface area contributed by atoms with Crippen LogP contribution in [0.15, 0.2) is 16.6 Å². The molecule has 1 amide bonds. The highest BCUT2D eigenvalue weighted by atomic mass is 32.1. The smallest absolute Gasteiger partial charge is 0.263 e. The molecule has 2 N–H and O–H groups in total. The summed E-state index contributed by atoms with van der Waals surface area (Å²) in [5.74, 6) is 3.15. The van der Waals surface area contributed by atoms with E-state index in [-0.39, 0.29) is 17.5 Å². The highest BCUT2D eigenvalue weighted by Crippen LogP contribution is 2.36. The largest absolute Gasteiger partial charge is 0.351 e. The van der Waals surface area contributed by atoms with Crippen molar-refractivity contribution in [2.24, 2.45) is 10.2 Å². The zero-order chi connectivity index (χ0) is 17.9. The first-order chi connectivity index (χ1) is 12.0. The summed E-state index contributed by atoms with van der Waals surface area (Å²) in [6.45, 7) is 4.50. The Morgan fingerprint density at radius 1 is 1.44 bits per heavy atom. The maximum Gasteiger partial charge on any atom is 0.263 e. The Kier molecular flexibility index (Phi) is 4.90. The topological polar surface area (TPSA) is 108 Å². The minimum absolute atomic E-state index is 0.129. The van der Waals surface area contributed by atoms with Crippen LogP contribution in [0.25, 0.3) is 10.8 Å². The van der Waals surface area contributed by atoms with E-state index in [0.29, 0.717) is 35.1 Å². The standard InChI is InChI=1S/C16H19N7OS/c1-4-5-6-16(22-23-16)7-8-17-14(24)12-11(10(2)3)20-15(25-12)13-18-9-19-21-13/h1,9-10H,5-8H2,2-3H3,(H,17,24)(H,18,19,21). The van der Waals surface area contributed by atoms with Gasteiger partial charge < -0.3 is 5.32 Å². The molecule has 1 aliphatic heterocycles. The first-order valence-electron chi connectivity index (χ1n) is 8.07. The molecule has 0 aromatic carbocycles. The molecule has 8 nitrogen and oxygen atoms in total. The van der Waals surface area contributed by atoms with Gasteiger partial charge in [-0.3, -0.25) is 9.89 Å². The van der Waals surface area contributed by atoms with E-state index in [1.807, 2.05) is 13.8 Å². The number of nitrogens with zero attached hydrogens (tertiary/aromatic N) is 5. The third kappa shape index (κ3) is 3.91. The quantitative estimate of drug-likeness (QED) is 0.708. The average Bonchev–Trinajstić information content (AvgIpc) is 3.03. The monoisotopic (exact) mass is 357 g/mol. The van der Waals surface area contributed by atoms with Crippen molar-refractivity contribution in [2.75, 3.05) is 6.54 Å². The molecule has 0 saturated heterocycles. The predicted molar refractivity (Wildman–Crippen MR) is 94.2 cm³/mol. The van der Waals surface area contributed by atoms with Gasteiger partial charge in [0.25, 0.3) is 5.91 Å². The SMILES string of the molecule is C#CCCC1(CCNC(=O)c2sc(-c3ncn[nH]3)nc2C(C)C)N=N1. The van der Waals surface area contributed by atoms with Gasteiger partial charge >= 0.3 is 0 Å². The van der Waals surface area contributed by atoms with Gasteiger partial charge in [-0.2, -0.15) is 15.3 Å². The van der Waals surface area contributed by atoms with Gasteiger partial charge in [-0.25, -0.2) is 9.97 Å². The summed E-state index contributed by atoms with van der Waals surface area (Å²) in [6.07, 6.45) is 8.72. The zero-order valence-corrected chi connectivity index (χ0v) is 14.9. The van der Waals surface area contributed by atoms with E-state index in [2.05, 4.69) is 41.6 Å². The minimum Gasteiger partial charge on any atom is -0.351 e. The number of thiazole rings is 1. The van der Waals surface area contributed by atoms with E-state index in [0.717, 1.165) is 12.1 Å². The number of carbonyl (C=O) groups is 1. The van der Waals surface area contributed by atoms with Crippen molar-refractivity contribution in [2.45, 2.75) is 44.7 Å². The normalized spacial score (nSPS) is 14.5. The molecule has 0 radical (unpaired) electrons. The zero-order valence-electron chi connectivity index (χ0n) is 14.1. The summed E-state index contributed by atoms with van der Waals surface area (Å²) in [5, 5.41) is 18.4. The molecule has 0 atom stereocenters. The lowest BCUT2D eigenvalue weighted by molar-refractivity contribution is 0.0954. The van der Waals surface area contributed by atoms with Gasteiger partial charge in [0, 0.05) is 25.8 Å². The van der Waals surface area contributed by atoms with E-state index >= 15 is 0 Å². The van der Waals surface area contributed by atoms with Gasteiger partial charge in [-0.05, 0) is 5.92 Å². The fraction of sp³-hybridized carbons (Fsp3) is 0.500. The minimum atomic E-state index is -0.390. The molecular weight excluding hydrogens is 338 g/mol. The van der Waals surface area contributed by atoms with E-state index in [1.165, 1.54) is 17.7 Å². The van der Waals surface area contributed by atoms with Crippen molar-refractivity contribution >= 4 is 17.2 Å². The molecule has 3 rings (SSSR count). The lowest BCUT2D eigenvalue weighted by Crippen LogP contribution is -2.28. The molecule has 2 aromatic rings. The van der Waals surface area contributed by atoms with Crippen LogP contribution in [0.5, 0.6) is 0 Å². The predicted octanol–water partition coefficient (Wildman–Crippen LogP) is 2.75. The Balaban J connectivity index is 1.64. The average molecular weight is 357 g/mol. The van der Waals surface area contributed by atoms with Crippen molar-refractivity contribution in [1.29, 1.82) is 0 Å². The molecule has 25 heavy (non-hydrogen) atoms. The van der Waals surface area contributed by atoms with Gasteiger partial charge in [0.2, 0.25) is 0 Å². The number of terminal acetylenes is 1. The highest BCUT2D eigenvalue weighted by molar-refractivity contribution is 7.17. The van der Waals surface area contributed by atoms with Crippen molar-refractivity contribution in [3.8, 4) is 23.2 Å². The van der Waals surface area contributed by atoms with E-state index in [1.54, 1.807) is 0 Å². The Morgan fingerprint density at radius 3 is 2.84 bits per heavy atom. The summed E-state index contributed by atoms with van der Waals surface area (Å²) in [4.78, 5) is 21.8. The molecule has 3 heterocycles. The molecule has 0 bridgehead atoms. The third-order valence-electron chi connectivity index (χ3n) is 3.89. The second-order valence-corrected chi connectivity index (χ2v) is 7.11. The Morgan fingerprint density at radius 2 is 2.24 bits per heavy atom. The Hall–Kier alpha value is -2.60. The number of hydrogen-bond donors (Lipinski definition) is 2. The van der Waals surface area contributed by atoms with Crippen LogP contribution in [0.3, 0.4) is 0 Å². The van der Waals surface area contributed by atoms with E-state index < -0.39 is 0 Å². The van der Waals surface area contributed by atoms with Crippen LogP contribution in [-0.4, -0.2) is 38.3 Å². The highest BCUT2D eigenvalue weighted by Gasteiger charge is 2.38. The number of H-pyrrole nitrogens is 1. The second-order valence-electron chi connectivity index (χ2n) is 6.11. The number of aromatic nitrogens is 4. The summed E-state index contributed by atoms with van der Waals surface area (Å²) in [6, 6.07) is 0. The lowest BCUT2D eigenvalue weighted by Gasteiger charge is -2.10. The van der Waals surface area contributed by atoms with Crippen LogP contribution in [0.1, 0.15) is 54.4 Å². The van der Waals surface area contributed by atoms with Crippen molar-refractivity contribution in [3.05, 3.63) is 16.9 Å². The molecule has 0 fully saturated rings. The van der Waals surface area contributed by atoms with Crippen LogP contribution >= 0.6 is 11.3 Å². The maximum absolute atomic E-state index is 12.6. The first kappa shape index (κ1) is 17.2. The molecule has 0 aliphatic carbocycles. The Labute approximate surface area is 149 Å². The lowest BCUT2D eigenvalue weighted by atomic mass is 10.0. The van der Waals surface area contributed by atoms with Crippen molar-refractivity contribution in [3.63, 3.8) is 0 Å². The molecule has 0 saturated carbocycles. The molecule has 9 heteroatoms. The fourth-order valence-electron chi connectivity index (χ4n) is 2.42. The molecule has 1 aliphatic rings. The first-order valence-corrected chi connectivity index (χ1v) is 8.88. The van der Waals surface area contributed by atoms with Crippen LogP contribution < -0.4 is 5.32 Å². The van der Waals surface area contributed by atoms with Gasteiger partial charge in [0.1, 0.15) is 11.2 Å². The maximum atomic E-state index is 12.6. The number of amides is 1. The summed E-state index contributed by atoms with van der Waals surface area (Å²) in [5.41, 5.74) is 0.371. The second kappa shape index (κ2) is 7.11. The fourth-order valence-corrected chi connectivity index (χ4v) is 3.50.